The van der Waals surface area contributed by atoms with E-state index in [4.69, 9.17) is 16.3 Å². The summed E-state index contributed by atoms with van der Waals surface area (Å²) < 4.78 is 18.4. The number of rotatable bonds is 4. The van der Waals surface area contributed by atoms with Gasteiger partial charge in [0.1, 0.15) is 18.2 Å². The van der Waals surface area contributed by atoms with Crippen LogP contribution in [0.15, 0.2) is 29.3 Å². The van der Waals surface area contributed by atoms with E-state index in [2.05, 4.69) is 0 Å². The molecule has 0 aliphatic heterocycles. The van der Waals surface area contributed by atoms with Crippen molar-refractivity contribution in [2.24, 2.45) is 0 Å². The summed E-state index contributed by atoms with van der Waals surface area (Å²) in [5.41, 5.74) is 2.70. The predicted molar refractivity (Wildman–Crippen MR) is 62.1 cm³/mol. The molecule has 0 aliphatic carbocycles. The third-order valence-corrected chi connectivity index (χ3v) is 2.44. The lowest BCUT2D eigenvalue weighted by Gasteiger charge is -2.13. The van der Waals surface area contributed by atoms with Crippen LogP contribution in [-0.2, 0) is 0 Å². The van der Waals surface area contributed by atoms with E-state index in [0.717, 1.165) is 5.57 Å². The van der Waals surface area contributed by atoms with Crippen LogP contribution in [0.25, 0.3) is 0 Å². The monoisotopic (exact) mass is 244 g/mol. The molecule has 1 aromatic rings. The summed E-state index contributed by atoms with van der Waals surface area (Å²) in [6.45, 7) is 3.69. The molecule has 0 aromatic heterocycles. The summed E-state index contributed by atoms with van der Waals surface area (Å²) in [4.78, 5) is 0. The molecule has 0 saturated heterocycles. The molecular formula is C12H14ClFO2. The molecule has 0 bridgehead atoms. The van der Waals surface area contributed by atoms with Gasteiger partial charge in [-0.3, -0.25) is 0 Å². The van der Waals surface area contributed by atoms with Crippen LogP contribution >= 0.6 is 11.6 Å². The molecule has 1 N–H and O–H groups in total. The summed E-state index contributed by atoms with van der Waals surface area (Å²) >= 11 is 5.49. The average molecular weight is 245 g/mol. The van der Waals surface area contributed by atoms with E-state index in [-0.39, 0.29) is 0 Å². The first-order valence-corrected chi connectivity index (χ1v) is 5.34. The highest BCUT2D eigenvalue weighted by Gasteiger charge is 2.10. The lowest BCUT2D eigenvalue weighted by atomic mass is 10.1. The first-order valence-electron chi connectivity index (χ1n) is 4.90. The summed E-state index contributed by atoms with van der Waals surface area (Å²) in [5, 5.41) is 9.46. The number of aliphatic hydroxyl groups excluding tert-OH is 1. The van der Waals surface area contributed by atoms with Gasteiger partial charge in [0.05, 0.1) is 6.10 Å². The maximum absolute atomic E-state index is 13.0. The van der Waals surface area contributed by atoms with E-state index in [1.165, 1.54) is 23.7 Å². The Kier molecular flexibility index (Phi) is 4.77. The van der Waals surface area contributed by atoms with Crippen molar-refractivity contribution in [2.75, 3.05) is 6.61 Å². The highest BCUT2D eigenvalue weighted by atomic mass is 35.5. The molecule has 0 aliphatic rings. The molecule has 1 atom stereocenters. The fourth-order valence-electron chi connectivity index (χ4n) is 1.20. The van der Waals surface area contributed by atoms with Gasteiger partial charge in [-0.15, -0.1) is 0 Å². The molecule has 0 unspecified atom stereocenters. The van der Waals surface area contributed by atoms with Crippen molar-refractivity contribution in [1.29, 1.82) is 0 Å². The Morgan fingerprint density at radius 3 is 2.88 bits per heavy atom. The summed E-state index contributed by atoms with van der Waals surface area (Å²) in [6.07, 6.45) is -0.772. The maximum Gasteiger partial charge on any atom is 0.125 e. The van der Waals surface area contributed by atoms with Crippen LogP contribution < -0.4 is 4.74 Å². The topological polar surface area (TPSA) is 29.5 Å². The summed E-state index contributed by atoms with van der Waals surface area (Å²) in [6, 6.07) is 4.06. The van der Waals surface area contributed by atoms with Crippen LogP contribution in [-0.4, -0.2) is 11.7 Å². The van der Waals surface area contributed by atoms with E-state index < -0.39 is 11.9 Å². The quantitative estimate of drug-likeness (QED) is 0.880. The van der Waals surface area contributed by atoms with Gasteiger partial charge in [-0.1, -0.05) is 11.6 Å². The van der Waals surface area contributed by atoms with Crippen LogP contribution in [0.1, 0.15) is 25.5 Å². The molecule has 0 radical (unpaired) electrons. The van der Waals surface area contributed by atoms with Crippen molar-refractivity contribution >= 4 is 11.6 Å². The molecular weight excluding hydrogens is 231 g/mol. The largest absolute Gasteiger partial charge is 0.489 e. The smallest absolute Gasteiger partial charge is 0.125 e. The SMILES string of the molecule is C/C(=C\Cl)COc1ccc(F)cc1[C@@H](C)O. The van der Waals surface area contributed by atoms with Crippen LogP contribution in [0.4, 0.5) is 4.39 Å². The standard InChI is InChI=1S/C12H14ClFO2/c1-8(6-13)7-16-12-4-3-10(14)5-11(12)9(2)15/h3-6,9,15H,7H2,1-2H3/b8-6+/t9-/m1/s1. The Hall–Kier alpha value is -1.06. The number of hydrogen-bond acceptors (Lipinski definition) is 2. The number of aliphatic hydroxyl groups is 1. The number of halogens is 2. The van der Waals surface area contributed by atoms with Gasteiger partial charge in [-0.05, 0) is 37.6 Å². The molecule has 0 fully saturated rings. The zero-order valence-corrected chi connectivity index (χ0v) is 9.96. The van der Waals surface area contributed by atoms with Crippen molar-refractivity contribution in [3.05, 3.63) is 40.7 Å². The Labute approximate surface area is 99.3 Å². The molecule has 88 valence electrons. The van der Waals surface area contributed by atoms with Crippen molar-refractivity contribution in [3.8, 4) is 5.75 Å². The lowest BCUT2D eigenvalue weighted by Crippen LogP contribution is -2.03. The van der Waals surface area contributed by atoms with Crippen LogP contribution in [0, 0.1) is 5.82 Å². The third kappa shape index (κ3) is 3.51. The van der Waals surface area contributed by atoms with E-state index in [0.29, 0.717) is 17.9 Å². The van der Waals surface area contributed by atoms with Gasteiger partial charge >= 0.3 is 0 Å². The average Bonchev–Trinajstić information content (AvgIpc) is 2.26. The second kappa shape index (κ2) is 5.87. The molecule has 0 saturated carbocycles. The van der Waals surface area contributed by atoms with Gasteiger partial charge in [0.15, 0.2) is 0 Å². The minimum absolute atomic E-state index is 0.314. The molecule has 2 nitrogen and oxygen atoms in total. The van der Waals surface area contributed by atoms with Crippen molar-refractivity contribution in [3.63, 3.8) is 0 Å². The van der Waals surface area contributed by atoms with E-state index in [1.807, 2.05) is 6.92 Å². The van der Waals surface area contributed by atoms with Gasteiger partial charge in [0.2, 0.25) is 0 Å². The Bertz CT molecular complexity index is 389. The molecule has 16 heavy (non-hydrogen) atoms. The van der Waals surface area contributed by atoms with Crippen LogP contribution in [0.5, 0.6) is 5.75 Å². The van der Waals surface area contributed by atoms with Crippen LogP contribution in [0.3, 0.4) is 0 Å². The van der Waals surface area contributed by atoms with E-state index >= 15 is 0 Å². The van der Waals surface area contributed by atoms with Gasteiger partial charge in [-0.2, -0.15) is 0 Å². The summed E-state index contributed by atoms with van der Waals surface area (Å²) in [7, 11) is 0. The van der Waals surface area contributed by atoms with Crippen molar-refractivity contribution < 1.29 is 14.2 Å². The van der Waals surface area contributed by atoms with Gasteiger partial charge in [0, 0.05) is 11.1 Å². The van der Waals surface area contributed by atoms with Crippen LogP contribution in [0.2, 0.25) is 0 Å². The van der Waals surface area contributed by atoms with E-state index in [1.54, 1.807) is 6.92 Å². The normalized spacial score (nSPS) is 13.7. The van der Waals surface area contributed by atoms with Crippen molar-refractivity contribution in [2.45, 2.75) is 20.0 Å². The molecule has 0 amide bonds. The molecule has 0 spiro atoms. The fraction of sp³-hybridized carbons (Fsp3) is 0.333. The molecule has 0 heterocycles. The van der Waals surface area contributed by atoms with Gasteiger partial charge < -0.3 is 9.84 Å². The number of benzene rings is 1. The highest BCUT2D eigenvalue weighted by Crippen LogP contribution is 2.26. The predicted octanol–water partition coefficient (Wildman–Crippen LogP) is 3.40. The van der Waals surface area contributed by atoms with Crippen molar-refractivity contribution in [1.82, 2.24) is 0 Å². The molecule has 4 heteroatoms. The number of hydrogen-bond donors (Lipinski definition) is 1. The van der Waals surface area contributed by atoms with E-state index in [9.17, 15) is 9.50 Å². The zero-order chi connectivity index (χ0) is 12.1. The second-order valence-electron chi connectivity index (χ2n) is 3.60. The summed E-state index contributed by atoms with van der Waals surface area (Å²) in [5.74, 6) is 0.0714. The molecule has 1 aromatic carbocycles. The Balaban J connectivity index is 2.87. The second-order valence-corrected chi connectivity index (χ2v) is 3.82. The minimum Gasteiger partial charge on any atom is -0.489 e. The van der Waals surface area contributed by atoms with Gasteiger partial charge in [-0.25, -0.2) is 4.39 Å². The maximum atomic E-state index is 13.0. The zero-order valence-electron chi connectivity index (χ0n) is 9.21. The Morgan fingerprint density at radius 2 is 2.31 bits per heavy atom. The Morgan fingerprint density at radius 1 is 1.62 bits per heavy atom. The first kappa shape index (κ1) is 13.0. The molecule has 1 rings (SSSR count). The third-order valence-electron chi connectivity index (χ3n) is 2.06. The highest BCUT2D eigenvalue weighted by molar-refractivity contribution is 6.25. The first-order chi connectivity index (χ1) is 7.54. The van der Waals surface area contributed by atoms with Gasteiger partial charge in [0.25, 0.3) is 0 Å². The minimum atomic E-state index is -0.772. The fourth-order valence-corrected chi connectivity index (χ4v) is 1.26. The number of ether oxygens (including phenoxy) is 1. The lowest BCUT2D eigenvalue weighted by molar-refractivity contribution is 0.192.